The van der Waals surface area contributed by atoms with Gasteiger partial charge in [-0.25, -0.2) is 0 Å². The average molecular weight is 579 g/mol. The minimum absolute atomic E-state index is 0.0391. The van der Waals surface area contributed by atoms with Gasteiger partial charge in [-0.1, -0.05) is 66.7 Å². The van der Waals surface area contributed by atoms with Gasteiger partial charge in [0.05, 0.1) is 20.3 Å². The van der Waals surface area contributed by atoms with Crippen molar-refractivity contribution in [2.75, 3.05) is 40.9 Å². The molecule has 0 aromatic heterocycles. The molecular formula is C37H42N2O4. The lowest BCUT2D eigenvalue weighted by Gasteiger charge is -2.44. The van der Waals surface area contributed by atoms with E-state index in [9.17, 15) is 9.90 Å². The van der Waals surface area contributed by atoms with Gasteiger partial charge in [-0.2, -0.15) is 0 Å². The Hall–Kier alpha value is -4.13. The molecule has 224 valence electrons. The number of rotatable bonds is 11. The van der Waals surface area contributed by atoms with Crippen molar-refractivity contribution < 1.29 is 19.4 Å². The summed E-state index contributed by atoms with van der Waals surface area (Å²) in [5.74, 6) is 1.67. The predicted octanol–water partition coefficient (Wildman–Crippen LogP) is 6.48. The van der Waals surface area contributed by atoms with E-state index in [0.717, 1.165) is 49.5 Å². The molecule has 1 amide bonds. The van der Waals surface area contributed by atoms with Crippen LogP contribution in [0, 0.1) is 0 Å². The van der Waals surface area contributed by atoms with Gasteiger partial charge in [-0.3, -0.25) is 9.69 Å². The number of hydrogen-bond donors (Lipinski definition) is 1. The summed E-state index contributed by atoms with van der Waals surface area (Å²) in [4.78, 5) is 17.3. The van der Waals surface area contributed by atoms with Gasteiger partial charge in [0.25, 0.3) is 5.91 Å². The summed E-state index contributed by atoms with van der Waals surface area (Å²) < 4.78 is 10.9. The molecule has 4 aromatic carbocycles. The molecule has 1 aliphatic heterocycles. The first-order valence-corrected chi connectivity index (χ1v) is 15.0. The first-order chi connectivity index (χ1) is 20.9. The van der Waals surface area contributed by atoms with Crippen molar-refractivity contribution in [2.24, 2.45) is 0 Å². The summed E-state index contributed by atoms with van der Waals surface area (Å²) in [5.41, 5.74) is 5.12. The molecule has 1 aliphatic rings. The average Bonchev–Trinajstić information content (AvgIpc) is 3.07. The van der Waals surface area contributed by atoms with Crippen molar-refractivity contribution in [1.29, 1.82) is 0 Å². The largest absolute Gasteiger partial charge is 0.497 e. The van der Waals surface area contributed by atoms with E-state index in [1.165, 1.54) is 16.7 Å². The number of methoxy groups -OCH3 is 2. The number of aliphatic hydroxyl groups excluding tert-OH is 1. The van der Waals surface area contributed by atoms with Crippen LogP contribution in [-0.2, 0) is 12.0 Å². The van der Waals surface area contributed by atoms with Crippen molar-refractivity contribution >= 4 is 5.91 Å². The quantitative estimate of drug-likeness (QED) is 0.221. The number of piperidine rings is 1. The number of carbonyl (C=O) groups is 1. The third kappa shape index (κ3) is 7.10. The number of nitrogens with zero attached hydrogens (tertiary/aromatic N) is 2. The molecule has 0 aliphatic carbocycles. The smallest absolute Gasteiger partial charge is 0.253 e. The lowest BCUT2D eigenvalue weighted by atomic mass is 9.69. The molecule has 5 rings (SSSR count). The monoisotopic (exact) mass is 578 g/mol. The number of aliphatic hydroxyl groups is 1. The molecule has 1 saturated heterocycles. The Balaban J connectivity index is 1.27. The fourth-order valence-corrected chi connectivity index (χ4v) is 6.23. The maximum Gasteiger partial charge on any atom is 0.253 e. The normalized spacial score (nSPS) is 15.4. The zero-order valence-electron chi connectivity index (χ0n) is 25.4. The molecule has 0 spiro atoms. The Kier molecular flexibility index (Phi) is 9.80. The van der Waals surface area contributed by atoms with Crippen LogP contribution >= 0.6 is 0 Å². The number of ether oxygens (including phenoxy) is 2. The molecule has 0 bridgehead atoms. The molecule has 0 radical (unpaired) electrons. The Labute approximate surface area is 255 Å². The van der Waals surface area contributed by atoms with Gasteiger partial charge in [0.15, 0.2) is 0 Å². The van der Waals surface area contributed by atoms with E-state index in [4.69, 9.17) is 9.47 Å². The molecule has 0 saturated carbocycles. The SMILES string of the molecule is COc1ccc(C2(c3ccc(OC)cc3)CCCN(Cc3ccc(C(=O)N(C)CCC(O)c4ccccc4)cc3)C2)cc1. The molecule has 1 heterocycles. The predicted molar refractivity (Wildman–Crippen MR) is 171 cm³/mol. The Morgan fingerprint density at radius 2 is 1.44 bits per heavy atom. The van der Waals surface area contributed by atoms with Crippen molar-refractivity contribution in [3.05, 3.63) is 131 Å². The second-order valence-corrected chi connectivity index (χ2v) is 11.5. The molecule has 6 nitrogen and oxygen atoms in total. The molecule has 4 aromatic rings. The zero-order valence-corrected chi connectivity index (χ0v) is 25.4. The van der Waals surface area contributed by atoms with E-state index in [1.54, 1.807) is 26.2 Å². The van der Waals surface area contributed by atoms with E-state index in [-0.39, 0.29) is 11.3 Å². The fourth-order valence-electron chi connectivity index (χ4n) is 6.23. The molecule has 1 N–H and O–H groups in total. The lowest BCUT2D eigenvalue weighted by Crippen LogP contribution is -2.46. The van der Waals surface area contributed by atoms with Crippen molar-refractivity contribution in [1.82, 2.24) is 9.80 Å². The van der Waals surface area contributed by atoms with Crippen LogP contribution in [-0.4, -0.2) is 61.7 Å². The maximum absolute atomic E-state index is 13.1. The van der Waals surface area contributed by atoms with Gasteiger partial charge in [-0.15, -0.1) is 0 Å². The number of benzene rings is 4. The topological polar surface area (TPSA) is 62.2 Å². The standard InChI is InChI=1S/C37H42N2O4/c1-38(25-22-35(40)29-8-5-4-6-9-29)36(41)30-12-10-28(11-13-30)26-39-24-7-23-37(27-39,31-14-18-33(42-2)19-15-31)32-16-20-34(43-3)21-17-32/h4-6,8-21,35,40H,7,22-27H2,1-3H3. The van der Waals surface area contributed by atoms with Gasteiger partial charge in [0.1, 0.15) is 11.5 Å². The second kappa shape index (κ2) is 13.9. The van der Waals surface area contributed by atoms with Crippen LogP contribution in [0.5, 0.6) is 11.5 Å². The van der Waals surface area contributed by atoms with Crippen LogP contribution in [0.15, 0.2) is 103 Å². The Morgan fingerprint density at radius 1 is 0.860 bits per heavy atom. The van der Waals surface area contributed by atoms with Crippen molar-refractivity contribution in [3.8, 4) is 11.5 Å². The van der Waals surface area contributed by atoms with Crippen molar-refractivity contribution in [2.45, 2.75) is 37.3 Å². The van der Waals surface area contributed by atoms with Crippen LogP contribution in [0.4, 0.5) is 0 Å². The van der Waals surface area contributed by atoms with E-state index in [1.807, 2.05) is 42.5 Å². The van der Waals surface area contributed by atoms with Crippen LogP contribution < -0.4 is 9.47 Å². The van der Waals surface area contributed by atoms with E-state index >= 15 is 0 Å². The molecule has 1 fully saturated rings. The van der Waals surface area contributed by atoms with Crippen LogP contribution in [0.1, 0.15) is 58.0 Å². The zero-order chi connectivity index (χ0) is 30.2. The first-order valence-electron chi connectivity index (χ1n) is 15.0. The molecule has 43 heavy (non-hydrogen) atoms. The van der Waals surface area contributed by atoms with Gasteiger partial charge >= 0.3 is 0 Å². The van der Waals surface area contributed by atoms with Gasteiger partial charge in [-0.05, 0) is 84.5 Å². The van der Waals surface area contributed by atoms with Crippen LogP contribution in [0.3, 0.4) is 0 Å². The van der Waals surface area contributed by atoms with E-state index in [0.29, 0.717) is 18.5 Å². The molecule has 6 heteroatoms. The highest BCUT2D eigenvalue weighted by atomic mass is 16.5. The summed E-state index contributed by atoms with van der Waals surface area (Å²) in [7, 11) is 5.19. The second-order valence-electron chi connectivity index (χ2n) is 11.5. The third-order valence-electron chi connectivity index (χ3n) is 8.73. The van der Waals surface area contributed by atoms with E-state index < -0.39 is 6.10 Å². The van der Waals surface area contributed by atoms with Crippen LogP contribution in [0.2, 0.25) is 0 Å². The number of amides is 1. The third-order valence-corrected chi connectivity index (χ3v) is 8.73. The maximum atomic E-state index is 13.1. The van der Waals surface area contributed by atoms with Crippen molar-refractivity contribution in [3.63, 3.8) is 0 Å². The summed E-state index contributed by atoms with van der Waals surface area (Å²) in [6.07, 6.45) is 2.03. The first kappa shape index (κ1) is 30.3. The molecule has 1 unspecified atom stereocenters. The Morgan fingerprint density at radius 3 is 2.00 bits per heavy atom. The number of carbonyl (C=O) groups excluding carboxylic acids is 1. The Bertz CT molecular complexity index is 1410. The van der Waals surface area contributed by atoms with E-state index in [2.05, 4.69) is 65.6 Å². The minimum Gasteiger partial charge on any atom is -0.497 e. The number of likely N-dealkylation sites (tertiary alicyclic amines) is 1. The number of hydrogen-bond acceptors (Lipinski definition) is 5. The molecular weight excluding hydrogens is 536 g/mol. The minimum atomic E-state index is -0.591. The van der Waals surface area contributed by atoms with Gasteiger partial charge in [0.2, 0.25) is 0 Å². The highest BCUT2D eigenvalue weighted by Gasteiger charge is 2.38. The highest BCUT2D eigenvalue weighted by molar-refractivity contribution is 5.94. The summed E-state index contributed by atoms with van der Waals surface area (Å²) in [5, 5.41) is 10.5. The van der Waals surface area contributed by atoms with Gasteiger partial charge in [0, 0.05) is 37.7 Å². The summed E-state index contributed by atoms with van der Waals surface area (Å²) >= 11 is 0. The summed E-state index contributed by atoms with van der Waals surface area (Å²) in [6, 6.07) is 34.5. The summed E-state index contributed by atoms with van der Waals surface area (Å²) in [6.45, 7) is 3.19. The fraction of sp³-hybridized carbons (Fsp3) is 0.324. The lowest BCUT2D eigenvalue weighted by molar-refractivity contribution is 0.0761. The molecule has 1 atom stereocenters. The van der Waals surface area contributed by atoms with Crippen LogP contribution in [0.25, 0.3) is 0 Å². The van der Waals surface area contributed by atoms with Gasteiger partial charge < -0.3 is 19.5 Å². The highest BCUT2D eigenvalue weighted by Crippen LogP contribution is 2.42.